The Morgan fingerprint density at radius 3 is 2.73 bits per heavy atom. The fourth-order valence-electron chi connectivity index (χ4n) is 3.34. The zero-order valence-electron chi connectivity index (χ0n) is 13.3. The second-order valence-corrected chi connectivity index (χ2v) is 7.76. The Bertz CT molecular complexity index is 761. The summed E-state index contributed by atoms with van der Waals surface area (Å²) >= 11 is 1.52. The van der Waals surface area contributed by atoms with Crippen molar-refractivity contribution in [3.63, 3.8) is 0 Å². The van der Waals surface area contributed by atoms with Gasteiger partial charge in [-0.25, -0.2) is 4.98 Å². The molecule has 1 aromatic rings. The van der Waals surface area contributed by atoms with Crippen molar-refractivity contribution >= 4 is 17.1 Å². The number of carbonyl (C=O) groups is 1. The molecule has 1 aromatic heterocycles. The summed E-state index contributed by atoms with van der Waals surface area (Å²) in [5.41, 5.74) is 4.05. The van der Waals surface area contributed by atoms with Gasteiger partial charge in [0, 0.05) is 34.5 Å². The number of carbonyl (C=O) groups excluding carboxylic acids is 1. The van der Waals surface area contributed by atoms with Crippen LogP contribution in [0, 0.1) is 23.7 Å². The fourth-order valence-corrected chi connectivity index (χ4v) is 4.25. The standard InChI is InChI=1S/C17H19N3OS/c1-9-8-22-16(19-9)14-11(7-18)10(2)20-12-5-17(3,4)6-13(21)15(12)14/h8,14,20H,5-6H2,1-4H3/t14-/m1/s1. The van der Waals surface area contributed by atoms with E-state index in [9.17, 15) is 10.1 Å². The van der Waals surface area contributed by atoms with E-state index in [1.165, 1.54) is 11.3 Å². The van der Waals surface area contributed by atoms with Crippen molar-refractivity contribution in [1.82, 2.24) is 10.3 Å². The molecule has 2 heterocycles. The Kier molecular flexibility index (Phi) is 3.45. The van der Waals surface area contributed by atoms with Gasteiger partial charge in [-0.05, 0) is 25.7 Å². The van der Waals surface area contributed by atoms with Crippen LogP contribution in [0.2, 0.25) is 0 Å². The van der Waals surface area contributed by atoms with Crippen LogP contribution in [-0.2, 0) is 4.79 Å². The average molecular weight is 313 g/mol. The molecule has 0 fully saturated rings. The van der Waals surface area contributed by atoms with Crippen LogP contribution in [0.4, 0.5) is 0 Å². The van der Waals surface area contributed by atoms with E-state index in [1.54, 1.807) is 0 Å². The fraction of sp³-hybridized carbons (Fsp3) is 0.471. The van der Waals surface area contributed by atoms with Gasteiger partial charge < -0.3 is 5.32 Å². The van der Waals surface area contributed by atoms with Gasteiger partial charge in [-0.15, -0.1) is 11.3 Å². The SMILES string of the molecule is CC1=C(C#N)[C@@H](c2nc(C)cs2)C2=C(CC(C)(C)CC2=O)N1. The first kappa shape index (κ1) is 15.0. The molecular weight excluding hydrogens is 294 g/mol. The van der Waals surface area contributed by atoms with Crippen molar-refractivity contribution < 1.29 is 4.79 Å². The van der Waals surface area contributed by atoms with E-state index in [1.807, 2.05) is 19.2 Å². The zero-order valence-corrected chi connectivity index (χ0v) is 14.1. The van der Waals surface area contributed by atoms with E-state index in [2.05, 4.69) is 30.2 Å². The van der Waals surface area contributed by atoms with Crippen molar-refractivity contribution in [2.45, 2.75) is 46.5 Å². The van der Waals surface area contributed by atoms with Crippen molar-refractivity contribution in [1.29, 1.82) is 5.26 Å². The van der Waals surface area contributed by atoms with Gasteiger partial charge in [0.05, 0.1) is 17.6 Å². The van der Waals surface area contributed by atoms with Gasteiger partial charge in [0.1, 0.15) is 5.01 Å². The Labute approximate surface area is 134 Å². The number of ketones is 1. The maximum atomic E-state index is 12.7. The summed E-state index contributed by atoms with van der Waals surface area (Å²) in [4.78, 5) is 17.3. The minimum absolute atomic E-state index is 0.0450. The minimum atomic E-state index is -0.302. The second kappa shape index (κ2) is 5.06. The number of Topliss-reactive ketones (excluding diaryl/α,β-unsaturated/α-hetero) is 1. The molecule has 1 aliphatic carbocycles. The van der Waals surface area contributed by atoms with Crippen LogP contribution in [0.25, 0.3) is 0 Å². The average Bonchev–Trinajstić information content (AvgIpc) is 2.82. The quantitative estimate of drug-likeness (QED) is 0.860. The van der Waals surface area contributed by atoms with Crippen molar-refractivity contribution in [2.75, 3.05) is 0 Å². The van der Waals surface area contributed by atoms with Crippen LogP contribution in [0.3, 0.4) is 0 Å². The number of nitriles is 1. The molecule has 0 amide bonds. The highest BCUT2D eigenvalue weighted by Gasteiger charge is 2.42. The molecule has 22 heavy (non-hydrogen) atoms. The molecule has 0 unspecified atom stereocenters. The second-order valence-electron chi connectivity index (χ2n) is 6.87. The maximum Gasteiger partial charge on any atom is 0.162 e. The van der Waals surface area contributed by atoms with E-state index < -0.39 is 0 Å². The number of aromatic nitrogens is 1. The van der Waals surface area contributed by atoms with Crippen LogP contribution < -0.4 is 5.32 Å². The molecule has 0 saturated heterocycles. The highest BCUT2D eigenvalue weighted by atomic mass is 32.1. The molecule has 4 nitrogen and oxygen atoms in total. The van der Waals surface area contributed by atoms with Gasteiger partial charge in [0.25, 0.3) is 0 Å². The number of allylic oxidation sites excluding steroid dienone is 4. The monoisotopic (exact) mass is 313 g/mol. The van der Waals surface area contributed by atoms with E-state index in [0.29, 0.717) is 12.0 Å². The molecule has 0 bridgehead atoms. The molecule has 1 N–H and O–H groups in total. The summed E-state index contributed by atoms with van der Waals surface area (Å²) < 4.78 is 0. The van der Waals surface area contributed by atoms with Crippen LogP contribution in [0.5, 0.6) is 0 Å². The Balaban J connectivity index is 2.17. The van der Waals surface area contributed by atoms with E-state index in [0.717, 1.165) is 34.1 Å². The van der Waals surface area contributed by atoms with Crippen LogP contribution >= 0.6 is 11.3 Å². The van der Waals surface area contributed by atoms with Crippen LogP contribution in [0.1, 0.15) is 50.2 Å². The van der Waals surface area contributed by atoms with Gasteiger partial charge in [-0.3, -0.25) is 4.79 Å². The van der Waals surface area contributed by atoms with E-state index >= 15 is 0 Å². The molecule has 1 aliphatic heterocycles. The lowest BCUT2D eigenvalue weighted by molar-refractivity contribution is -0.118. The topological polar surface area (TPSA) is 65.8 Å². The molecule has 1 atom stereocenters. The third kappa shape index (κ3) is 2.38. The maximum absolute atomic E-state index is 12.7. The molecule has 0 spiro atoms. The van der Waals surface area contributed by atoms with Gasteiger partial charge in [0.15, 0.2) is 5.78 Å². The van der Waals surface area contributed by atoms with Crippen LogP contribution in [-0.4, -0.2) is 10.8 Å². The van der Waals surface area contributed by atoms with Gasteiger partial charge in [0.2, 0.25) is 0 Å². The largest absolute Gasteiger partial charge is 0.361 e. The van der Waals surface area contributed by atoms with E-state index in [-0.39, 0.29) is 17.1 Å². The first-order chi connectivity index (χ1) is 10.3. The predicted octanol–water partition coefficient (Wildman–Crippen LogP) is 3.58. The van der Waals surface area contributed by atoms with Crippen molar-refractivity contribution in [3.8, 4) is 6.07 Å². The van der Waals surface area contributed by atoms with Crippen LogP contribution in [0.15, 0.2) is 27.9 Å². The van der Waals surface area contributed by atoms with Crippen molar-refractivity contribution in [2.24, 2.45) is 5.41 Å². The molecule has 2 aliphatic rings. The minimum Gasteiger partial charge on any atom is -0.361 e. The third-order valence-corrected chi connectivity index (χ3v) is 5.27. The molecule has 3 rings (SSSR count). The summed E-state index contributed by atoms with van der Waals surface area (Å²) in [5, 5.41) is 15.7. The first-order valence-electron chi connectivity index (χ1n) is 7.38. The number of hydrogen-bond acceptors (Lipinski definition) is 5. The lowest BCUT2D eigenvalue weighted by Crippen LogP contribution is -2.36. The van der Waals surface area contributed by atoms with Gasteiger partial charge in [-0.1, -0.05) is 13.8 Å². The number of thiazole rings is 1. The zero-order chi connectivity index (χ0) is 16.1. The van der Waals surface area contributed by atoms with Gasteiger partial charge >= 0.3 is 0 Å². The lowest BCUT2D eigenvalue weighted by Gasteiger charge is -2.38. The number of nitrogens with one attached hydrogen (secondary N) is 1. The molecule has 0 saturated carbocycles. The molecule has 0 radical (unpaired) electrons. The normalized spacial score (nSPS) is 24.0. The number of dihydropyridines is 1. The summed E-state index contributed by atoms with van der Waals surface area (Å²) in [6.07, 6.45) is 1.34. The van der Waals surface area contributed by atoms with Crippen molar-refractivity contribution in [3.05, 3.63) is 38.6 Å². The predicted molar refractivity (Wildman–Crippen MR) is 86.1 cm³/mol. The Morgan fingerprint density at radius 1 is 1.41 bits per heavy atom. The summed E-state index contributed by atoms with van der Waals surface area (Å²) in [6.45, 7) is 8.06. The molecule has 114 valence electrons. The number of rotatable bonds is 1. The summed E-state index contributed by atoms with van der Waals surface area (Å²) in [5.74, 6) is -0.166. The van der Waals surface area contributed by atoms with Gasteiger partial charge in [-0.2, -0.15) is 5.26 Å². The number of hydrogen-bond donors (Lipinski definition) is 1. The summed E-state index contributed by atoms with van der Waals surface area (Å²) in [7, 11) is 0. The molecule has 0 aromatic carbocycles. The number of aryl methyl sites for hydroxylation is 1. The lowest BCUT2D eigenvalue weighted by atomic mass is 9.70. The first-order valence-corrected chi connectivity index (χ1v) is 8.26. The number of nitrogens with zero attached hydrogens (tertiary/aromatic N) is 2. The highest BCUT2D eigenvalue weighted by molar-refractivity contribution is 7.09. The molecule has 5 heteroatoms. The Morgan fingerprint density at radius 2 is 2.14 bits per heavy atom. The molecular formula is C17H19N3OS. The smallest absolute Gasteiger partial charge is 0.162 e. The summed E-state index contributed by atoms with van der Waals surface area (Å²) in [6, 6.07) is 2.28. The highest BCUT2D eigenvalue weighted by Crippen LogP contribution is 2.46. The third-order valence-electron chi connectivity index (χ3n) is 4.24. The van der Waals surface area contributed by atoms with E-state index in [4.69, 9.17) is 0 Å². The Hall–Kier alpha value is -1.93.